The number of hydrogen-bond acceptors (Lipinski definition) is 5. The average molecular weight is 182 g/mol. The second-order valence-electron chi connectivity index (χ2n) is 3.92. The van der Waals surface area contributed by atoms with Gasteiger partial charge in [0.1, 0.15) is 36.3 Å². The Hall–Kier alpha value is -0.940. The van der Waals surface area contributed by atoms with E-state index in [1.54, 1.807) is 0 Å². The molecule has 0 spiro atoms. The van der Waals surface area contributed by atoms with Gasteiger partial charge in [-0.15, -0.1) is 0 Å². The Bertz CT molecular complexity index is 307. The molecular formula is C8H6O5. The predicted molar refractivity (Wildman–Crippen MR) is 35.4 cm³/mol. The first-order chi connectivity index (χ1) is 6.27. The Balaban J connectivity index is 1.84. The molecule has 6 atom stereocenters. The molecule has 0 aromatic rings. The van der Waals surface area contributed by atoms with E-state index in [1.807, 2.05) is 0 Å². The molecule has 0 aromatic carbocycles. The third-order valence-electron chi connectivity index (χ3n) is 3.36. The van der Waals surface area contributed by atoms with Crippen molar-refractivity contribution in [3.63, 3.8) is 0 Å². The Labute approximate surface area is 72.9 Å². The van der Waals surface area contributed by atoms with E-state index in [-0.39, 0.29) is 36.3 Å². The minimum atomic E-state index is -0.434. The molecule has 5 nitrogen and oxygen atoms in total. The van der Waals surface area contributed by atoms with E-state index in [4.69, 9.17) is 9.47 Å². The van der Waals surface area contributed by atoms with Gasteiger partial charge in [0.25, 0.3) is 0 Å². The normalized spacial score (nSPS) is 60.6. The number of cyclic esters (lactones) is 2. The summed E-state index contributed by atoms with van der Waals surface area (Å²) in [5, 5.41) is 0. The van der Waals surface area contributed by atoms with Gasteiger partial charge in [-0.1, -0.05) is 0 Å². The lowest BCUT2D eigenvalue weighted by Gasteiger charge is -2.09. The standard InChI is InChI=1S/C8H6O5/c9-7-1-2(8(10)13-7)4-6-5(12-6)3(1)11-4/h1-6H/t1-,2+,3-,4+,5+,6-. The van der Waals surface area contributed by atoms with E-state index in [0.29, 0.717) is 0 Å². The molecule has 4 aliphatic heterocycles. The van der Waals surface area contributed by atoms with Crippen molar-refractivity contribution in [2.24, 2.45) is 11.8 Å². The van der Waals surface area contributed by atoms with Crippen LogP contribution in [0.2, 0.25) is 0 Å². The van der Waals surface area contributed by atoms with Crippen molar-refractivity contribution >= 4 is 11.9 Å². The summed E-state index contributed by atoms with van der Waals surface area (Å²) in [6.07, 6.45) is -0.354. The van der Waals surface area contributed by atoms with Crippen LogP contribution < -0.4 is 0 Å². The first-order valence-electron chi connectivity index (χ1n) is 4.34. The molecule has 0 aliphatic carbocycles. The highest BCUT2D eigenvalue weighted by Crippen LogP contribution is 2.56. The lowest BCUT2D eigenvalue weighted by atomic mass is 9.81. The number of rotatable bonds is 0. The van der Waals surface area contributed by atoms with Gasteiger partial charge >= 0.3 is 11.9 Å². The van der Waals surface area contributed by atoms with Crippen molar-refractivity contribution in [3.8, 4) is 0 Å². The first kappa shape index (κ1) is 6.50. The molecule has 13 heavy (non-hydrogen) atoms. The minimum absolute atomic E-state index is 0.0460. The van der Waals surface area contributed by atoms with Gasteiger partial charge < -0.3 is 14.2 Å². The fourth-order valence-electron chi connectivity index (χ4n) is 2.78. The molecule has 0 unspecified atom stereocenters. The second-order valence-corrected chi connectivity index (χ2v) is 3.92. The highest BCUT2D eigenvalue weighted by atomic mass is 16.7. The minimum Gasteiger partial charge on any atom is -0.393 e. The van der Waals surface area contributed by atoms with E-state index in [0.717, 1.165) is 0 Å². The van der Waals surface area contributed by atoms with Gasteiger partial charge in [0.05, 0.1) is 0 Å². The van der Waals surface area contributed by atoms with Gasteiger partial charge in [-0.2, -0.15) is 0 Å². The summed E-state index contributed by atoms with van der Waals surface area (Å²) in [6.45, 7) is 0. The van der Waals surface area contributed by atoms with Gasteiger partial charge in [0, 0.05) is 0 Å². The van der Waals surface area contributed by atoms with Gasteiger partial charge in [0.2, 0.25) is 0 Å². The van der Waals surface area contributed by atoms with E-state index < -0.39 is 11.9 Å². The molecule has 2 bridgehead atoms. The summed E-state index contributed by atoms with van der Waals surface area (Å²) in [6, 6.07) is 0. The van der Waals surface area contributed by atoms with Gasteiger partial charge in [-0.05, 0) is 0 Å². The number of epoxide rings is 1. The molecule has 68 valence electrons. The quantitative estimate of drug-likeness (QED) is 0.269. The Morgan fingerprint density at radius 2 is 1.23 bits per heavy atom. The molecule has 4 heterocycles. The molecule has 0 amide bonds. The zero-order chi connectivity index (χ0) is 8.74. The Morgan fingerprint density at radius 3 is 1.77 bits per heavy atom. The first-order valence-corrected chi connectivity index (χ1v) is 4.34. The van der Waals surface area contributed by atoms with Crippen molar-refractivity contribution in [2.45, 2.75) is 24.4 Å². The predicted octanol–water partition coefficient (Wildman–Crippen LogP) is -1.15. The molecule has 4 aliphatic rings. The zero-order valence-electron chi connectivity index (χ0n) is 6.51. The molecular weight excluding hydrogens is 176 g/mol. The van der Waals surface area contributed by atoms with Crippen molar-refractivity contribution in [3.05, 3.63) is 0 Å². The van der Waals surface area contributed by atoms with Crippen LogP contribution in [-0.2, 0) is 23.8 Å². The summed E-state index contributed by atoms with van der Waals surface area (Å²) < 4.78 is 15.3. The number of carbonyl (C=O) groups is 2. The van der Waals surface area contributed by atoms with Crippen LogP contribution in [0.25, 0.3) is 0 Å². The molecule has 0 radical (unpaired) electrons. The largest absolute Gasteiger partial charge is 0.393 e. The van der Waals surface area contributed by atoms with Crippen molar-refractivity contribution in [2.75, 3.05) is 0 Å². The summed E-state index contributed by atoms with van der Waals surface area (Å²) >= 11 is 0. The van der Waals surface area contributed by atoms with E-state index in [2.05, 4.69) is 4.74 Å². The number of hydrogen-bond donors (Lipinski definition) is 0. The maximum atomic E-state index is 11.2. The molecule has 4 fully saturated rings. The molecule has 4 saturated heterocycles. The fourth-order valence-corrected chi connectivity index (χ4v) is 2.78. The lowest BCUT2D eigenvalue weighted by Crippen LogP contribution is -2.34. The van der Waals surface area contributed by atoms with Crippen LogP contribution in [0, 0.1) is 11.8 Å². The molecule has 0 saturated carbocycles. The fraction of sp³-hybridized carbons (Fsp3) is 0.750. The van der Waals surface area contributed by atoms with Crippen molar-refractivity contribution in [1.82, 2.24) is 0 Å². The summed E-state index contributed by atoms with van der Waals surface area (Å²) in [4.78, 5) is 22.5. The van der Waals surface area contributed by atoms with Gasteiger partial charge in [0.15, 0.2) is 0 Å². The topological polar surface area (TPSA) is 65.1 Å². The highest BCUT2D eigenvalue weighted by Gasteiger charge is 2.75. The zero-order valence-corrected chi connectivity index (χ0v) is 6.51. The maximum absolute atomic E-state index is 11.2. The molecule has 0 N–H and O–H groups in total. The number of esters is 2. The van der Waals surface area contributed by atoms with Gasteiger partial charge in [-0.3, -0.25) is 9.59 Å². The van der Waals surface area contributed by atoms with E-state index >= 15 is 0 Å². The summed E-state index contributed by atoms with van der Waals surface area (Å²) in [7, 11) is 0. The van der Waals surface area contributed by atoms with Crippen LogP contribution >= 0.6 is 0 Å². The number of carbonyl (C=O) groups excluding carboxylic acids is 2. The van der Waals surface area contributed by atoms with Gasteiger partial charge in [-0.25, -0.2) is 0 Å². The van der Waals surface area contributed by atoms with Crippen LogP contribution in [0.1, 0.15) is 0 Å². The lowest BCUT2D eigenvalue weighted by molar-refractivity contribution is -0.158. The van der Waals surface area contributed by atoms with Crippen LogP contribution in [0.4, 0.5) is 0 Å². The van der Waals surface area contributed by atoms with E-state index in [1.165, 1.54) is 0 Å². The third kappa shape index (κ3) is 0.538. The summed E-state index contributed by atoms with van der Waals surface area (Å²) in [5.41, 5.74) is 0. The molecule has 4 rings (SSSR count). The number of ether oxygens (including phenoxy) is 3. The van der Waals surface area contributed by atoms with Crippen LogP contribution in [-0.4, -0.2) is 36.4 Å². The summed E-state index contributed by atoms with van der Waals surface area (Å²) in [5.74, 6) is -1.64. The molecule has 0 aromatic heterocycles. The average Bonchev–Trinajstić information content (AvgIpc) is 2.58. The highest BCUT2D eigenvalue weighted by molar-refractivity contribution is 5.98. The Kier molecular flexibility index (Phi) is 0.825. The van der Waals surface area contributed by atoms with Crippen molar-refractivity contribution < 1.29 is 23.8 Å². The second kappa shape index (κ2) is 1.65. The molecule has 5 heteroatoms. The Morgan fingerprint density at radius 1 is 0.769 bits per heavy atom. The van der Waals surface area contributed by atoms with Crippen LogP contribution in [0.3, 0.4) is 0 Å². The van der Waals surface area contributed by atoms with Crippen LogP contribution in [0.15, 0.2) is 0 Å². The third-order valence-corrected chi connectivity index (χ3v) is 3.36. The SMILES string of the molecule is O=C1OC(=O)[C@H]2[C@H]3O[C@H]([C@H]4O[C@H]43)[C@@H]12. The number of fused-ring (bicyclic) bond motifs is 8. The monoisotopic (exact) mass is 182 g/mol. The van der Waals surface area contributed by atoms with Crippen LogP contribution in [0.5, 0.6) is 0 Å². The maximum Gasteiger partial charge on any atom is 0.320 e. The van der Waals surface area contributed by atoms with Crippen molar-refractivity contribution in [1.29, 1.82) is 0 Å². The smallest absolute Gasteiger partial charge is 0.320 e. The van der Waals surface area contributed by atoms with E-state index in [9.17, 15) is 9.59 Å².